The third-order valence-electron chi connectivity index (χ3n) is 3.11. The normalized spacial score (nSPS) is 15.3. The van der Waals surface area contributed by atoms with Crippen LogP contribution < -0.4 is 11.1 Å². The smallest absolute Gasteiger partial charge is 0.235 e. The van der Waals surface area contributed by atoms with Crippen molar-refractivity contribution in [3.63, 3.8) is 0 Å². The lowest BCUT2D eigenvalue weighted by Crippen LogP contribution is -2.39. The maximum Gasteiger partial charge on any atom is 0.235 e. The minimum absolute atomic E-state index is 0.138. The lowest BCUT2D eigenvalue weighted by molar-refractivity contribution is -0.121. The van der Waals surface area contributed by atoms with Crippen molar-refractivity contribution in [1.82, 2.24) is 9.62 Å². The van der Waals surface area contributed by atoms with Gasteiger partial charge in [0.05, 0.1) is 12.3 Å². The van der Waals surface area contributed by atoms with E-state index in [4.69, 9.17) is 5.73 Å². The van der Waals surface area contributed by atoms with Gasteiger partial charge in [-0.3, -0.25) is 4.79 Å². The Morgan fingerprint density at radius 3 is 2.50 bits per heavy atom. The quantitative estimate of drug-likeness (QED) is 0.739. The molecule has 1 aromatic rings. The zero-order valence-electron chi connectivity index (χ0n) is 11.4. The maximum absolute atomic E-state index is 12.1. The Morgan fingerprint density at radius 2 is 1.95 bits per heavy atom. The van der Waals surface area contributed by atoms with Crippen LogP contribution in [-0.2, 0) is 20.6 Å². The molecule has 2 rings (SSSR count). The highest BCUT2D eigenvalue weighted by molar-refractivity contribution is 7.88. The van der Waals surface area contributed by atoms with Gasteiger partial charge in [0.1, 0.15) is 0 Å². The van der Waals surface area contributed by atoms with Gasteiger partial charge in [-0.25, -0.2) is 8.42 Å². The van der Waals surface area contributed by atoms with Crippen molar-refractivity contribution in [2.45, 2.75) is 24.6 Å². The largest absolute Gasteiger partial charge is 0.399 e. The minimum atomic E-state index is -3.50. The fourth-order valence-corrected chi connectivity index (χ4v) is 2.88. The summed E-state index contributed by atoms with van der Waals surface area (Å²) >= 11 is 0. The molecule has 0 saturated heterocycles. The summed E-state index contributed by atoms with van der Waals surface area (Å²) in [6, 6.07) is 6.89. The summed E-state index contributed by atoms with van der Waals surface area (Å²) in [4.78, 5) is 11.6. The summed E-state index contributed by atoms with van der Waals surface area (Å²) in [7, 11) is -2.09. The van der Waals surface area contributed by atoms with Crippen molar-refractivity contribution in [3.05, 3.63) is 29.8 Å². The first-order valence-corrected chi connectivity index (χ1v) is 8.05. The molecule has 0 heterocycles. The highest BCUT2D eigenvalue weighted by Crippen LogP contribution is 2.18. The zero-order chi connectivity index (χ0) is 14.8. The van der Waals surface area contributed by atoms with Gasteiger partial charge >= 0.3 is 0 Å². The molecule has 1 aliphatic carbocycles. The Labute approximate surface area is 119 Å². The molecule has 0 aliphatic heterocycles. The van der Waals surface area contributed by atoms with Gasteiger partial charge in [-0.2, -0.15) is 4.31 Å². The lowest BCUT2D eigenvalue weighted by atomic mass is 10.2. The summed E-state index contributed by atoms with van der Waals surface area (Å²) in [5, 5.41) is 2.77. The van der Waals surface area contributed by atoms with Gasteiger partial charge in [-0.15, -0.1) is 0 Å². The molecule has 0 unspecified atom stereocenters. The number of nitrogens with zero attached hydrogens (tertiary/aromatic N) is 1. The van der Waals surface area contributed by atoms with E-state index < -0.39 is 10.0 Å². The van der Waals surface area contributed by atoms with E-state index in [0.717, 1.165) is 17.1 Å². The number of hydrogen-bond acceptors (Lipinski definition) is 4. The number of rotatable bonds is 6. The second kappa shape index (κ2) is 5.80. The number of benzene rings is 1. The number of anilines is 1. The summed E-state index contributed by atoms with van der Waals surface area (Å²) in [6.45, 7) is -0.145. The van der Waals surface area contributed by atoms with E-state index in [0.29, 0.717) is 11.3 Å². The van der Waals surface area contributed by atoms with E-state index in [1.807, 2.05) is 0 Å². The summed E-state index contributed by atoms with van der Waals surface area (Å²) < 4.78 is 25.4. The Kier molecular flexibility index (Phi) is 4.29. The number of likely N-dealkylation sites (N-methyl/N-ethyl adjacent to an activating group) is 1. The van der Waals surface area contributed by atoms with Crippen molar-refractivity contribution < 1.29 is 13.2 Å². The van der Waals surface area contributed by atoms with Crippen LogP contribution in [0.5, 0.6) is 0 Å². The minimum Gasteiger partial charge on any atom is -0.399 e. The Morgan fingerprint density at radius 1 is 1.35 bits per heavy atom. The van der Waals surface area contributed by atoms with Crippen molar-refractivity contribution >= 4 is 21.6 Å². The van der Waals surface area contributed by atoms with Crippen molar-refractivity contribution in [3.8, 4) is 0 Å². The Balaban J connectivity index is 1.94. The summed E-state index contributed by atoms with van der Waals surface area (Å²) in [5.74, 6) is -0.392. The van der Waals surface area contributed by atoms with Crippen LogP contribution >= 0.6 is 0 Å². The number of nitrogens with two attached hydrogens (primary N) is 1. The predicted molar refractivity (Wildman–Crippen MR) is 77.3 cm³/mol. The predicted octanol–water partition coefficient (Wildman–Crippen LogP) is 0.309. The van der Waals surface area contributed by atoms with Crippen LogP contribution in [-0.4, -0.2) is 38.3 Å². The maximum atomic E-state index is 12.1. The topological polar surface area (TPSA) is 92.5 Å². The van der Waals surface area contributed by atoms with Crippen LogP contribution in [0.3, 0.4) is 0 Å². The van der Waals surface area contributed by atoms with E-state index in [9.17, 15) is 13.2 Å². The van der Waals surface area contributed by atoms with Gasteiger partial charge in [0.2, 0.25) is 15.9 Å². The molecule has 3 N–H and O–H groups in total. The lowest BCUT2D eigenvalue weighted by Gasteiger charge is -2.16. The van der Waals surface area contributed by atoms with E-state index in [1.165, 1.54) is 7.05 Å². The molecular formula is C13H19N3O3S. The van der Waals surface area contributed by atoms with Gasteiger partial charge in [0.15, 0.2) is 0 Å². The molecule has 1 aromatic carbocycles. The van der Waals surface area contributed by atoms with Crippen LogP contribution in [0.4, 0.5) is 5.69 Å². The molecule has 6 nitrogen and oxygen atoms in total. The highest BCUT2D eigenvalue weighted by atomic mass is 32.2. The number of nitrogen functional groups attached to an aromatic ring is 1. The second-order valence-corrected chi connectivity index (χ2v) is 7.17. The fourth-order valence-electron chi connectivity index (χ4n) is 1.74. The second-order valence-electron chi connectivity index (χ2n) is 5.10. The molecule has 0 atom stereocenters. The van der Waals surface area contributed by atoms with Crippen LogP contribution in [0.15, 0.2) is 24.3 Å². The van der Waals surface area contributed by atoms with E-state index in [-0.39, 0.29) is 24.2 Å². The number of carbonyl (C=O) groups excluding carboxylic acids is 1. The molecule has 1 amide bonds. The molecule has 0 aromatic heterocycles. The third kappa shape index (κ3) is 4.21. The van der Waals surface area contributed by atoms with Crippen LogP contribution in [0.25, 0.3) is 0 Å². The molecule has 110 valence electrons. The first-order chi connectivity index (χ1) is 9.37. The zero-order valence-corrected chi connectivity index (χ0v) is 12.2. The number of carbonyl (C=O) groups is 1. The van der Waals surface area contributed by atoms with Crippen molar-refractivity contribution in [2.24, 2.45) is 0 Å². The fraction of sp³-hybridized carbons (Fsp3) is 0.462. The average molecular weight is 297 g/mol. The Bertz CT molecular complexity index is 579. The van der Waals surface area contributed by atoms with Crippen molar-refractivity contribution in [2.75, 3.05) is 19.3 Å². The molecule has 0 bridgehead atoms. The molecule has 1 saturated carbocycles. The van der Waals surface area contributed by atoms with Gasteiger partial charge < -0.3 is 11.1 Å². The summed E-state index contributed by atoms with van der Waals surface area (Å²) in [5.41, 5.74) is 6.79. The monoisotopic (exact) mass is 297 g/mol. The summed E-state index contributed by atoms with van der Waals surface area (Å²) in [6.07, 6.45) is 1.96. The van der Waals surface area contributed by atoms with Crippen molar-refractivity contribution in [1.29, 1.82) is 0 Å². The van der Waals surface area contributed by atoms with Crippen LogP contribution in [0.2, 0.25) is 0 Å². The number of amides is 1. The first-order valence-electron chi connectivity index (χ1n) is 6.44. The van der Waals surface area contributed by atoms with Crippen LogP contribution in [0, 0.1) is 0 Å². The van der Waals surface area contributed by atoms with Gasteiger partial charge in [0.25, 0.3) is 0 Å². The van der Waals surface area contributed by atoms with Gasteiger partial charge in [-0.05, 0) is 30.5 Å². The number of hydrogen-bond donors (Lipinski definition) is 2. The highest BCUT2D eigenvalue weighted by Gasteiger charge is 2.26. The molecule has 0 spiro atoms. The van der Waals surface area contributed by atoms with Crippen LogP contribution in [0.1, 0.15) is 18.4 Å². The van der Waals surface area contributed by atoms with Gasteiger partial charge in [0, 0.05) is 18.8 Å². The SMILES string of the molecule is CN(CC(=O)NC1CC1)S(=O)(=O)Cc1ccc(N)cc1. The third-order valence-corrected chi connectivity index (χ3v) is 4.89. The standard InChI is InChI=1S/C13H19N3O3S/c1-16(8-13(17)15-12-6-7-12)20(18,19)9-10-2-4-11(14)5-3-10/h2-5,12H,6-9,14H2,1H3,(H,15,17). The van der Waals surface area contributed by atoms with E-state index in [2.05, 4.69) is 5.32 Å². The molecule has 1 aliphatic rings. The molecular weight excluding hydrogens is 278 g/mol. The Hall–Kier alpha value is -1.60. The molecule has 20 heavy (non-hydrogen) atoms. The van der Waals surface area contributed by atoms with E-state index in [1.54, 1.807) is 24.3 Å². The van der Waals surface area contributed by atoms with Gasteiger partial charge in [-0.1, -0.05) is 12.1 Å². The molecule has 7 heteroatoms. The molecule has 1 fully saturated rings. The first kappa shape index (κ1) is 14.8. The number of nitrogens with one attached hydrogen (secondary N) is 1. The average Bonchev–Trinajstić information content (AvgIpc) is 3.15. The van der Waals surface area contributed by atoms with E-state index >= 15 is 0 Å². The number of sulfonamides is 1. The molecule has 0 radical (unpaired) electrons.